The number of nitrogens with two attached hydrogens (primary N) is 2. The third-order valence-electron chi connectivity index (χ3n) is 7.45. The van der Waals surface area contributed by atoms with E-state index in [1.807, 2.05) is 59.5 Å². The van der Waals surface area contributed by atoms with Crippen molar-refractivity contribution in [1.29, 1.82) is 0 Å². The number of carbonyl (C=O) groups excluding carboxylic acids is 2. The highest BCUT2D eigenvalue weighted by atomic mass is 16.2. The summed E-state index contributed by atoms with van der Waals surface area (Å²) in [7, 11) is 0. The van der Waals surface area contributed by atoms with Crippen LogP contribution in [0.3, 0.4) is 0 Å². The highest BCUT2D eigenvalue weighted by molar-refractivity contribution is 5.98. The van der Waals surface area contributed by atoms with Crippen LogP contribution in [0.5, 0.6) is 0 Å². The number of carbonyl (C=O) groups is 2. The van der Waals surface area contributed by atoms with Crippen LogP contribution in [-0.4, -0.2) is 54.4 Å². The van der Waals surface area contributed by atoms with Gasteiger partial charge in [0.25, 0.3) is 5.91 Å². The number of nitrogens with zero attached hydrogens (tertiary/aromatic N) is 2. The highest BCUT2D eigenvalue weighted by Crippen LogP contribution is 2.20. The summed E-state index contributed by atoms with van der Waals surface area (Å²) in [5.74, 6) is -0.0194. The smallest absolute Gasteiger partial charge is 0.251 e. The molecule has 8 nitrogen and oxygen atoms in total. The van der Waals surface area contributed by atoms with Gasteiger partial charge in [-0.2, -0.15) is 0 Å². The maximum absolute atomic E-state index is 13.7. The van der Waals surface area contributed by atoms with Gasteiger partial charge in [0.2, 0.25) is 5.91 Å². The van der Waals surface area contributed by atoms with Crippen LogP contribution >= 0.6 is 0 Å². The van der Waals surface area contributed by atoms with E-state index < -0.39 is 0 Å². The molecule has 1 aliphatic rings. The van der Waals surface area contributed by atoms with E-state index in [-0.39, 0.29) is 29.9 Å². The minimum atomic E-state index is -0.389. The minimum absolute atomic E-state index is 0.0485. The summed E-state index contributed by atoms with van der Waals surface area (Å²) >= 11 is 0. The highest BCUT2D eigenvalue weighted by Gasteiger charge is 2.30. The molecule has 2 atom stereocenters. The fraction of sp³-hybridized carbons (Fsp3) is 0.281. The molecule has 0 spiro atoms. The summed E-state index contributed by atoms with van der Waals surface area (Å²) in [5.41, 5.74) is 12.7. The van der Waals surface area contributed by atoms with E-state index in [1.54, 1.807) is 0 Å². The zero-order valence-corrected chi connectivity index (χ0v) is 22.6. The molecule has 8 heteroatoms. The summed E-state index contributed by atoms with van der Waals surface area (Å²) in [4.78, 5) is 32.7. The molecule has 0 saturated carbocycles. The van der Waals surface area contributed by atoms with Crippen LogP contribution in [0.4, 0.5) is 0 Å². The van der Waals surface area contributed by atoms with Gasteiger partial charge in [-0.3, -0.25) is 14.6 Å². The van der Waals surface area contributed by atoms with Gasteiger partial charge in [-0.15, -0.1) is 0 Å². The van der Waals surface area contributed by atoms with Crippen LogP contribution < -0.4 is 22.1 Å². The Hall–Kier alpha value is -4.43. The van der Waals surface area contributed by atoms with Crippen LogP contribution in [0, 0.1) is 0 Å². The molecule has 1 fully saturated rings. The van der Waals surface area contributed by atoms with Gasteiger partial charge >= 0.3 is 0 Å². The van der Waals surface area contributed by atoms with Gasteiger partial charge in [0.05, 0.1) is 6.04 Å². The molecule has 206 valence electrons. The van der Waals surface area contributed by atoms with Gasteiger partial charge in [-0.25, -0.2) is 0 Å². The minimum Gasteiger partial charge on any atom is -0.370 e. The Balaban J connectivity index is 1.27. The van der Waals surface area contributed by atoms with E-state index in [2.05, 4.69) is 46.0 Å². The lowest BCUT2D eigenvalue weighted by atomic mass is 10.1. The van der Waals surface area contributed by atoms with Crippen LogP contribution in [0.1, 0.15) is 35.2 Å². The number of fused-ring (bicyclic) bond motifs is 2. The molecular weight excluding hydrogens is 500 g/mol. The first-order chi connectivity index (χ1) is 19.5. The molecule has 6 N–H and O–H groups in total. The van der Waals surface area contributed by atoms with E-state index in [0.717, 1.165) is 28.1 Å². The van der Waals surface area contributed by atoms with Crippen molar-refractivity contribution in [2.75, 3.05) is 19.6 Å². The Morgan fingerprint density at radius 1 is 0.925 bits per heavy atom. The van der Waals surface area contributed by atoms with Crippen molar-refractivity contribution in [1.82, 2.24) is 15.5 Å². The fourth-order valence-corrected chi connectivity index (χ4v) is 5.32. The number of amides is 2. The van der Waals surface area contributed by atoms with E-state index in [0.29, 0.717) is 44.6 Å². The largest absolute Gasteiger partial charge is 0.370 e. The van der Waals surface area contributed by atoms with Gasteiger partial charge in [0.1, 0.15) is 0 Å². The van der Waals surface area contributed by atoms with Crippen molar-refractivity contribution in [2.24, 2.45) is 16.5 Å². The van der Waals surface area contributed by atoms with Gasteiger partial charge < -0.3 is 27.0 Å². The summed E-state index contributed by atoms with van der Waals surface area (Å²) in [5, 5.41) is 11.0. The van der Waals surface area contributed by atoms with Crippen LogP contribution in [0.15, 0.2) is 89.9 Å². The predicted molar refractivity (Wildman–Crippen MR) is 161 cm³/mol. The van der Waals surface area contributed by atoms with E-state index >= 15 is 0 Å². The maximum atomic E-state index is 13.7. The average Bonchev–Trinajstić information content (AvgIpc) is 3.11. The van der Waals surface area contributed by atoms with Crippen LogP contribution in [-0.2, 0) is 11.3 Å². The Labute approximate surface area is 234 Å². The maximum Gasteiger partial charge on any atom is 0.251 e. The molecule has 0 bridgehead atoms. The second kappa shape index (κ2) is 12.6. The number of hydrogen-bond acceptors (Lipinski definition) is 4. The SMILES string of the molecule is NC(N)=NCCC[C@@H]1N[C@H](CNC(=O)c2ccc3ccccc3c2)CCN(Cc2ccc3ccccc3c2)C1=O. The molecule has 4 aromatic rings. The molecule has 0 unspecified atom stereocenters. The third-order valence-corrected chi connectivity index (χ3v) is 7.45. The number of nitrogens with one attached hydrogen (secondary N) is 2. The molecule has 1 heterocycles. The van der Waals surface area contributed by atoms with Crippen molar-refractivity contribution < 1.29 is 9.59 Å². The molecule has 1 aliphatic heterocycles. The first-order valence-corrected chi connectivity index (χ1v) is 13.8. The molecule has 40 heavy (non-hydrogen) atoms. The lowest BCUT2D eigenvalue weighted by Gasteiger charge is -2.25. The Morgan fingerprint density at radius 3 is 2.33 bits per heavy atom. The lowest BCUT2D eigenvalue weighted by molar-refractivity contribution is -0.133. The Morgan fingerprint density at radius 2 is 1.60 bits per heavy atom. The standard InChI is InChI=1S/C32H36N6O2/c33-32(34)35-16-5-10-29-31(40)38(21-22-11-12-23-6-1-3-8-25(23)18-22)17-15-28(37-29)20-36-30(39)27-14-13-24-7-2-4-9-26(24)19-27/h1-4,6-9,11-14,18-19,28-29,37H,5,10,15-17,20-21H2,(H,36,39)(H4,33,34,35)/t28-,29-/m0/s1. The number of benzene rings is 4. The number of rotatable bonds is 9. The molecule has 0 radical (unpaired) electrons. The average molecular weight is 537 g/mol. The van der Waals surface area contributed by atoms with Crippen LogP contribution in [0.2, 0.25) is 0 Å². The summed E-state index contributed by atoms with van der Waals surface area (Å²) in [6.07, 6.45) is 1.99. The second-order valence-electron chi connectivity index (χ2n) is 10.4. The quantitative estimate of drug-likeness (QED) is 0.148. The summed E-state index contributed by atoms with van der Waals surface area (Å²) in [6.45, 7) is 2.01. The van der Waals surface area contributed by atoms with Gasteiger partial charge in [0, 0.05) is 37.8 Å². The molecular formula is C32H36N6O2. The number of aliphatic imine (C=N–C) groups is 1. The van der Waals surface area contributed by atoms with Crippen molar-refractivity contribution in [3.8, 4) is 0 Å². The third kappa shape index (κ3) is 6.76. The monoisotopic (exact) mass is 536 g/mol. The van der Waals surface area contributed by atoms with E-state index in [4.69, 9.17) is 11.5 Å². The first-order valence-electron chi connectivity index (χ1n) is 13.8. The molecule has 2 amide bonds. The number of guanidine groups is 1. The molecule has 1 saturated heterocycles. The van der Waals surface area contributed by atoms with Crippen molar-refractivity contribution in [2.45, 2.75) is 37.9 Å². The van der Waals surface area contributed by atoms with E-state index in [1.165, 1.54) is 5.39 Å². The van der Waals surface area contributed by atoms with Crippen molar-refractivity contribution in [3.63, 3.8) is 0 Å². The van der Waals surface area contributed by atoms with Gasteiger partial charge in [0.15, 0.2) is 5.96 Å². The van der Waals surface area contributed by atoms with Gasteiger partial charge in [-0.1, -0.05) is 66.7 Å². The number of hydrogen-bond donors (Lipinski definition) is 4. The van der Waals surface area contributed by atoms with Gasteiger partial charge in [-0.05, 0) is 64.6 Å². The lowest BCUT2D eigenvalue weighted by Crippen LogP contribution is -2.48. The summed E-state index contributed by atoms with van der Waals surface area (Å²) < 4.78 is 0. The van der Waals surface area contributed by atoms with E-state index in [9.17, 15) is 9.59 Å². The normalized spacial score (nSPS) is 17.5. The zero-order chi connectivity index (χ0) is 27.9. The van der Waals surface area contributed by atoms with Crippen molar-refractivity contribution in [3.05, 3.63) is 96.1 Å². The Bertz CT molecular complexity index is 1530. The first kappa shape index (κ1) is 27.1. The fourth-order valence-electron chi connectivity index (χ4n) is 5.32. The molecule has 4 aromatic carbocycles. The van der Waals surface area contributed by atoms with Crippen LogP contribution in [0.25, 0.3) is 21.5 Å². The second-order valence-corrected chi connectivity index (χ2v) is 10.4. The summed E-state index contributed by atoms with van der Waals surface area (Å²) in [6, 6.07) is 27.8. The topological polar surface area (TPSA) is 126 Å². The predicted octanol–water partition coefficient (Wildman–Crippen LogP) is 3.54. The zero-order valence-electron chi connectivity index (χ0n) is 22.6. The Kier molecular flexibility index (Phi) is 8.56. The molecule has 5 rings (SSSR count). The van der Waals surface area contributed by atoms with Crippen molar-refractivity contribution >= 4 is 39.3 Å². The molecule has 0 aromatic heterocycles. The molecule has 0 aliphatic carbocycles.